The van der Waals surface area contributed by atoms with E-state index in [1.165, 1.54) is 4.90 Å². The molecule has 4 aliphatic heterocycles. The number of halogens is 2. The van der Waals surface area contributed by atoms with Crippen LogP contribution in [0.3, 0.4) is 0 Å². The summed E-state index contributed by atoms with van der Waals surface area (Å²) in [6.07, 6.45) is 5.66. The zero-order valence-electron chi connectivity index (χ0n) is 17.9. The number of pyridine rings is 1. The van der Waals surface area contributed by atoms with Gasteiger partial charge >= 0.3 is 0 Å². The number of hydrogen-bond acceptors (Lipinski definition) is 5. The van der Waals surface area contributed by atoms with E-state index in [4.69, 9.17) is 4.99 Å². The Morgan fingerprint density at radius 2 is 2.03 bits per heavy atom. The third-order valence-electron chi connectivity index (χ3n) is 7.59. The van der Waals surface area contributed by atoms with Gasteiger partial charge in [0.15, 0.2) is 0 Å². The average molecular weight is 441 g/mol. The minimum absolute atomic E-state index is 0.00456. The van der Waals surface area contributed by atoms with Crippen LogP contribution < -0.4 is 4.90 Å². The van der Waals surface area contributed by atoms with Gasteiger partial charge in [0, 0.05) is 64.4 Å². The maximum absolute atomic E-state index is 13.5. The number of rotatable bonds is 2. The predicted molar refractivity (Wildman–Crippen MR) is 114 cm³/mol. The van der Waals surface area contributed by atoms with Gasteiger partial charge in [-0.05, 0) is 29.9 Å². The second-order valence-corrected chi connectivity index (χ2v) is 9.71. The number of piperidine rings is 2. The lowest BCUT2D eigenvalue weighted by Crippen LogP contribution is -2.48. The molecule has 1 aromatic heterocycles. The first-order chi connectivity index (χ1) is 15.3. The van der Waals surface area contributed by atoms with E-state index in [-0.39, 0.29) is 49.8 Å². The Balaban J connectivity index is 1.23. The quantitative estimate of drug-likeness (QED) is 0.707. The van der Waals surface area contributed by atoms with Crippen molar-refractivity contribution >= 4 is 23.8 Å². The summed E-state index contributed by atoms with van der Waals surface area (Å²) < 4.78 is 27.0. The number of carbonyl (C=O) groups is 2. The number of aromatic nitrogens is 1. The van der Waals surface area contributed by atoms with Crippen LogP contribution in [-0.4, -0.2) is 71.6 Å². The van der Waals surface area contributed by atoms with Gasteiger partial charge in [-0.25, -0.2) is 13.8 Å². The Kier molecular flexibility index (Phi) is 4.23. The summed E-state index contributed by atoms with van der Waals surface area (Å²) in [6, 6.07) is 1.99. The van der Waals surface area contributed by atoms with Crippen molar-refractivity contribution in [2.45, 2.75) is 37.9 Å². The first-order valence-electron chi connectivity index (χ1n) is 11.2. The molecule has 5 aliphatic rings. The molecule has 2 amide bonds. The van der Waals surface area contributed by atoms with Crippen molar-refractivity contribution in [2.75, 3.05) is 31.6 Å². The Morgan fingerprint density at radius 1 is 1.25 bits per heavy atom. The van der Waals surface area contributed by atoms with Crippen LogP contribution in [0, 0.1) is 17.8 Å². The molecule has 4 atom stereocenters. The van der Waals surface area contributed by atoms with Crippen molar-refractivity contribution in [3.05, 3.63) is 35.0 Å². The number of aliphatic imine (C=N–C) groups is 1. The molecule has 0 radical (unpaired) electrons. The van der Waals surface area contributed by atoms with Gasteiger partial charge in [-0.3, -0.25) is 14.6 Å². The lowest BCUT2D eigenvalue weighted by molar-refractivity contribution is -0.132. The molecule has 9 heteroatoms. The van der Waals surface area contributed by atoms with Gasteiger partial charge < -0.3 is 14.7 Å². The highest BCUT2D eigenvalue weighted by Crippen LogP contribution is 2.53. The first-order valence-corrected chi connectivity index (χ1v) is 11.2. The molecule has 5 heterocycles. The Bertz CT molecular complexity index is 1060. The van der Waals surface area contributed by atoms with Crippen LogP contribution in [0.25, 0.3) is 0 Å². The van der Waals surface area contributed by atoms with Crippen molar-refractivity contribution in [3.63, 3.8) is 0 Å². The van der Waals surface area contributed by atoms with Crippen molar-refractivity contribution in [3.8, 4) is 0 Å². The number of likely N-dealkylation sites (tertiary alicyclic amines) is 1. The van der Waals surface area contributed by atoms with E-state index in [1.807, 2.05) is 12.1 Å². The van der Waals surface area contributed by atoms with E-state index in [0.29, 0.717) is 29.5 Å². The smallest absolute Gasteiger partial charge is 0.255 e. The Labute approximate surface area is 184 Å². The molecule has 7 nitrogen and oxygen atoms in total. The van der Waals surface area contributed by atoms with Crippen LogP contribution in [0.1, 0.15) is 35.2 Å². The van der Waals surface area contributed by atoms with E-state index >= 15 is 0 Å². The van der Waals surface area contributed by atoms with Gasteiger partial charge in [-0.2, -0.15) is 0 Å². The zero-order chi connectivity index (χ0) is 22.2. The molecule has 1 aliphatic carbocycles. The number of amides is 2. The number of dihydropyridines is 1. The van der Waals surface area contributed by atoms with Gasteiger partial charge in [0.2, 0.25) is 0 Å². The molecule has 0 aromatic carbocycles. The van der Waals surface area contributed by atoms with Gasteiger partial charge in [-0.1, -0.05) is 6.08 Å². The van der Waals surface area contributed by atoms with E-state index in [2.05, 4.69) is 9.88 Å². The van der Waals surface area contributed by atoms with Crippen molar-refractivity contribution in [1.29, 1.82) is 0 Å². The fourth-order valence-electron chi connectivity index (χ4n) is 5.61. The van der Waals surface area contributed by atoms with Crippen LogP contribution >= 0.6 is 0 Å². The highest BCUT2D eigenvalue weighted by Gasteiger charge is 2.53. The van der Waals surface area contributed by atoms with Crippen LogP contribution in [-0.2, 0) is 11.3 Å². The lowest BCUT2D eigenvalue weighted by atomic mass is 9.89. The molecule has 4 unspecified atom stereocenters. The van der Waals surface area contributed by atoms with E-state index in [0.717, 1.165) is 24.3 Å². The molecule has 0 N–H and O–H groups in total. The number of nitrogens with zero attached hydrogens (tertiary/aromatic N) is 5. The van der Waals surface area contributed by atoms with Crippen LogP contribution in [0.5, 0.6) is 0 Å². The third kappa shape index (κ3) is 3.12. The largest absolute Gasteiger partial charge is 0.338 e. The number of alkyl halides is 2. The summed E-state index contributed by atoms with van der Waals surface area (Å²) in [6.45, 7) is 1.59. The molecule has 1 aromatic rings. The topological polar surface area (TPSA) is 69.1 Å². The summed E-state index contributed by atoms with van der Waals surface area (Å²) in [5.74, 6) is -0.947. The highest BCUT2D eigenvalue weighted by molar-refractivity contribution is 6.12. The number of hydrogen-bond donors (Lipinski definition) is 0. The third-order valence-corrected chi connectivity index (χ3v) is 7.59. The monoisotopic (exact) mass is 441 g/mol. The van der Waals surface area contributed by atoms with Crippen molar-refractivity contribution in [2.24, 2.45) is 22.7 Å². The SMILES string of the molecule is CN1Cc2cc(N3CC4CC4C4C=C(C(=O)N5CCC(F)(F)CC5)C=NC43)ncc2C1=O. The van der Waals surface area contributed by atoms with E-state index in [1.54, 1.807) is 24.4 Å². The molecule has 6 rings (SSSR count). The fraction of sp³-hybridized carbons (Fsp3) is 0.565. The average Bonchev–Trinajstić information content (AvgIpc) is 3.51. The van der Waals surface area contributed by atoms with Gasteiger partial charge in [0.1, 0.15) is 12.0 Å². The number of anilines is 1. The minimum Gasteiger partial charge on any atom is -0.338 e. The molecule has 3 fully saturated rings. The standard InChI is InChI=1S/C23H25F2N5O2/c1-28-11-15-8-19(26-10-18(15)22(28)32)30-12-14-7-16(14)17-6-13(9-27-20(17)30)21(31)29-4-2-23(24,25)3-5-29/h6,8-10,14,16-17,20H,2-5,7,11-12H2,1H3. The maximum Gasteiger partial charge on any atom is 0.255 e. The molecule has 0 bridgehead atoms. The molecule has 2 saturated heterocycles. The maximum atomic E-state index is 13.5. The second kappa shape index (κ2) is 6.83. The van der Waals surface area contributed by atoms with E-state index < -0.39 is 5.92 Å². The molecule has 0 spiro atoms. The fourth-order valence-corrected chi connectivity index (χ4v) is 5.61. The predicted octanol–water partition coefficient (Wildman–Crippen LogP) is 2.33. The summed E-state index contributed by atoms with van der Waals surface area (Å²) >= 11 is 0. The van der Waals surface area contributed by atoms with Gasteiger partial charge in [-0.15, -0.1) is 0 Å². The van der Waals surface area contributed by atoms with Crippen LogP contribution in [0.15, 0.2) is 28.9 Å². The summed E-state index contributed by atoms with van der Waals surface area (Å²) in [4.78, 5) is 39.9. The van der Waals surface area contributed by atoms with Gasteiger partial charge in [0.05, 0.1) is 11.1 Å². The minimum atomic E-state index is -2.68. The molecular formula is C23H25F2N5O2. The molecule has 1 saturated carbocycles. The molecule has 168 valence electrons. The van der Waals surface area contributed by atoms with E-state index in [9.17, 15) is 18.4 Å². The van der Waals surface area contributed by atoms with Crippen LogP contribution in [0.2, 0.25) is 0 Å². The normalized spacial score (nSPS) is 32.3. The summed E-state index contributed by atoms with van der Waals surface area (Å²) in [5.41, 5.74) is 2.14. The Hall–Kier alpha value is -2.84. The second-order valence-electron chi connectivity index (χ2n) is 9.71. The number of carbonyl (C=O) groups excluding carboxylic acids is 2. The first kappa shape index (κ1) is 19.8. The van der Waals surface area contributed by atoms with Crippen molar-refractivity contribution < 1.29 is 18.4 Å². The van der Waals surface area contributed by atoms with Crippen molar-refractivity contribution in [1.82, 2.24) is 14.8 Å². The lowest BCUT2D eigenvalue weighted by Gasteiger charge is -2.40. The molecule has 32 heavy (non-hydrogen) atoms. The van der Waals surface area contributed by atoms with Crippen LogP contribution in [0.4, 0.5) is 14.6 Å². The zero-order valence-corrected chi connectivity index (χ0v) is 17.9. The summed E-state index contributed by atoms with van der Waals surface area (Å²) in [7, 11) is 1.78. The Morgan fingerprint density at radius 3 is 2.81 bits per heavy atom. The highest BCUT2D eigenvalue weighted by atomic mass is 19.3. The van der Waals surface area contributed by atoms with Gasteiger partial charge in [0.25, 0.3) is 17.7 Å². The summed E-state index contributed by atoms with van der Waals surface area (Å²) in [5, 5.41) is 0. The molecular weight excluding hydrogens is 416 g/mol. The number of fused-ring (bicyclic) bond motifs is 4.